The van der Waals surface area contributed by atoms with Crippen molar-refractivity contribution in [2.75, 3.05) is 25.2 Å². The van der Waals surface area contributed by atoms with E-state index in [0.717, 1.165) is 17.7 Å². The zero-order valence-corrected chi connectivity index (χ0v) is 16.7. The first-order chi connectivity index (χ1) is 13.0. The molecule has 146 valence electrons. The number of thioether (sulfide) groups is 1. The molecule has 0 spiro atoms. The number of benzene rings is 1. The molecule has 9 heteroatoms. The highest BCUT2D eigenvalue weighted by Gasteiger charge is 2.49. The van der Waals surface area contributed by atoms with Crippen molar-refractivity contribution in [2.24, 2.45) is 4.99 Å². The first kappa shape index (κ1) is 18.8. The predicted molar refractivity (Wildman–Crippen MR) is 104 cm³/mol. The Labute approximate surface area is 163 Å². The molecule has 1 aromatic carbocycles. The maximum atomic E-state index is 12.5. The molecule has 3 atom stereocenters. The standard InChI is InChI=1S/C18H22N2O5S2/c1-24-14-6-3-2-5-12(14)9-20-13-10-27(22,23)11-16(13)26-18(20)19-17(21)15-7-4-8-25-15/h2-3,5-6,13,15-16H,4,7-11H2,1H3/t13-,15+,16+/m0/s1. The van der Waals surface area contributed by atoms with Gasteiger partial charge < -0.3 is 14.4 Å². The van der Waals surface area contributed by atoms with Crippen LogP contribution in [0.4, 0.5) is 0 Å². The molecule has 3 aliphatic heterocycles. The summed E-state index contributed by atoms with van der Waals surface area (Å²) in [6, 6.07) is 7.44. The SMILES string of the molecule is COc1ccccc1CN1C(=NC(=O)[C@H]2CCCO2)S[C@@H]2CS(=O)(=O)C[C@@H]21. The molecule has 0 bridgehead atoms. The Bertz CT molecular complexity index is 864. The van der Waals surface area contributed by atoms with Crippen LogP contribution in [0, 0.1) is 0 Å². The molecule has 0 aromatic heterocycles. The van der Waals surface area contributed by atoms with Gasteiger partial charge in [-0.3, -0.25) is 4.79 Å². The van der Waals surface area contributed by atoms with Crippen LogP contribution in [-0.4, -0.2) is 67.0 Å². The fourth-order valence-corrected chi connectivity index (χ4v) is 7.73. The number of carbonyl (C=O) groups excluding carboxylic acids is 1. The summed E-state index contributed by atoms with van der Waals surface area (Å²) < 4.78 is 35.1. The Kier molecular flexibility index (Phi) is 5.17. The highest BCUT2D eigenvalue weighted by Crippen LogP contribution is 2.40. The van der Waals surface area contributed by atoms with Crippen molar-refractivity contribution in [3.63, 3.8) is 0 Å². The summed E-state index contributed by atoms with van der Waals surface area (Å²) in [5.74, 6) is 0.671. The lowest BCUT2D eigenvalue weighted by Crippen LogP contribution is -2.37. The molecular weight excluding hydrogens is 388 g/mol. The molecule has 3 saturated heterocycles. The van der Waals surface area contributed by atoms with Crippen molar-refractivity contribution in [3.8, 4) is 5.75 Å². The number of methoxy groups -OCH3 is 1. The number of fused-ring (bicyclic) bond motifs is 1. The topological polar surface area (TPSA) is 85.3 Å². The van der Waals surface area contributed by atoms with Crippen LogP contribution in [0.15, 0.2) is 29.3 Å². The van der Waals surface area contributed by atoms with E-state index in [1.54, 1.807) is 7.11 Å². The molecule has 3 fully saturated rings. The average Bonchev–Trinajstić information content (AvgIpc) is 3.33. The van der Waals surface area contributed by atoms with Crippen LogP contribution in [0.2, 0.25) is 0 Å². The highest BCUT2D eigenvalue weighted by molar-refractivity contribution is 8.15. The summed E-state index contributed by atoms with van der Waals surface area (Å²) in [4.78, 5) is 18.8. The number of nitrogens with zero attached hydrogens (tertiary/aromatic N) is 2. The minimum atomic E-state index is -3.07. The first-order valence-electron chi connectivity index (χ1n) is 8.96. The third kappa shape index (κ3) is 3.86. The summed E-state index contributed by atoms with van der Waals surface area (Å²) in [6.45, 7) is 1.04. The van der Waals surface area contributed by atoms with E-state index in [4.69, 9.17) is 9.47 Å². The second-order valence-corrected chi connectivity index (χ2v) is 10.3. The monoisotopic (exact) mass is 410 g/mol. The molecule has 0 saturated carbocycles. The number of amidine groups is 1. The minimum Gasteiger partial charge on any atom is -0.496 e. The van der Waals surface area contributed by atoms with Gasteiger partial charge in [0.1, 0.15) is 11.9 Å². The minimum absolute atomic E-state index is 0.0902. The molecule has 1 amide bonds. The van der Waals surface area contributed by atoms with E-state index in [1.165, 1.54) is 11.8 Å². The number of ether oxygens (including phenoxy) is 2. The summed E-state index contributed by atoms with van der Waals surface area (Å²) >= 11 is 1.39. The van der Waals surface area contributed by atoms with Crippen molar-refractivity contribution in [1.29, 1.82) is 0 Å². The van der Waals surface area contributed by atoms with E-state index in [1.807, 2.05) is 29.2 Å². The third-order valence-corrected chi connectivity index (χ3v) is 8.37. The summed E-state index contributed by atoms with van der Waals surface area (Å²) in [7, 11) is -1.46. The van der Waals surface area contributed by atoms with Crippen molar-refractivity contribution in [3.05, 3.63) is 29.8 Å². The fourth-order valence-electron chi connectivity index (χ4n) is 3.78. The van der Waals surface area contributed by atoms with Crippen LogP contribution in [0.3, 0.4) is 0 Å². The van der Waals surface area contributed by atoms with Gasteiger partial charge in [0.2, 0.25) is 0 Å². The highest BCUT2D eigenvalue weighted by atomic mass is 32.2. The predicted octanol–water partition coefficient (Wildman–Crippen LogP) is 1.47. The lowest BCUT2D eigenvalue weighted by Gasteiger charge is -2.25. The second-order valence-electron chi connectivity index (χ2n) is 6.97. The van der Waals surface area contributed by atoms with Gasteiger partial charge in [-0.15, -0.1) is 0 Å². The van der Waals surface area contributed by atoms with E-state index < -0.39 is 15.9 Å². The third-order valence-electron chi connectivity index (χ3n) is 5.12. The van der Waals surface area contributed by atoms with Gasteiger partial charge in [0.25, 0.3) is 5.91 Å². The number of aliphatic imine (C=N–C) groups is 1. The van der Waals surface area contributed by atoms with Gasteiger partial charge in [0.15, 0.2) is 15.0 Å². The number of sulfone groups is 1. The zero-order valence-electron chi connectivity index (χ0n) is 15.0. The van der Waals surface area contributed by atoms with Crippen LogP contribution in [-0.2, 0) is 25.9 Å². The van der Waals surface area contributed by atoms with Crippen LogP contribution in [0.5, 0.6) is 5.75 Å². The molecular formula is C18H22N2O5S2. The Morgan fingerprint density at radius 2 is 2.19 bits per heavy atom. The first-order valence-corrected chi connectivity index (χ1v) is 11.7. The van der Waals surface area contributed by atoms with Gasteiger partial charge in [0, 0.05) is 24.0 Å². The Balaban J connectivity index is 1.63. The fraction of sp³-hybridized carbons (Fsp3) is 0.556. The van der Waals surface area contributed by atoms with E-state index in [2.05, 4.69) is 4.99 Å². The molecule has 1 aromatic rings. The van der Waals surface area contributed by atoms with Gasteiger partial charge in [-0.25, -0.2) is 8.42 Å². The van der Waals surface area contributed by atoms with Crippen molar-refractivity contribution < 1.29 is 22.7 Å². The average molecular weight is 411 g/mol. The van der Waals surface area contributed by atoms with Crippen LogP contribution < -0.4 is 4.74 Å². The lowest BCUT2D eigenvalue weighted by atomic mass is 10.1. The van der Waals surface area contributed by atoms with Gasteiger partial charge >= 0.3 is 0 Å². The number of amides is 1. The largest absolute Gasteiger partial charge is 0.496 e. The molecule has 0 unspecified atom stereocenters. The Morgan fingerprint density at radius 1 is 1.37 bits per heavy atom. The van der Waals surface area contributed by atoms with E-state index in [0.29, 0.717) is 24.7 Å². The number of hydrogen-bond acceptors (Lipinski definition) is 6. The number of hydrogen-bond donors (Lipinski definition) is 0. The van der Waals surface area contributed by atoms with E-state index in [9.17, 15) is 13.2 Å². The van der Waals surface area contributed by atoms with Crippen molar-refractivity contribution in [1.82, 2.24) is 4.90 Å². The molecule has 0 aliphatic carbocycles. The van der Waals surface area contributed by atoms with Gasteiger partial charge in [0.05, 0.1) is 24.7 Å². The number of carbonyl (C=O) groups is 1. The smallest absolute Gasteiger partial charge is 0.277 e. The maximum absolute atomic E-state index is 12.5. The van der Waals surface area contributed by atoms with Gasteiger partial charge in [-0.05, 0) is 18.9 Å². The van der Waals surface area contributed by atoms with Crippen molar-refractivity contribution in [2.45, 2.75) is 36.8 Å². The quantitative estimate of drug-likeness (QED) is 0.743. The lowest BCUT2D eigenvalue weighted by molar-refractivity contribution is -0.126. The maximum Gasteiger partial charge on any atom is 0.277 e. The molecule has 3 heterocycles. The van der Waals surface area contributed by atoms with Gasteiger partial charge in [-0.2, -0.15) is 4.99 Å². The molecule has 0 N–H and O–H groups in total. The zero-order chi connectivity index (χ0) is 19.0. The Hall–Kier alpha value is -1.58. The normalized spacial score (nSPS) is 30.6. The molecule has 27 heavy (non-hydrogen) atoms. The molecule has 7 nitrogen and oxygen atoms in total. The summed E-state index contributed by atoms with van der Waals surface area (Å²) in [6.07, 6.45) is 1.08. The van der Waals surface area contributed by atoms with E-state index >= 15 is 0 Å². The van der Waals surface area contributed by atoms with Crippen LogP contribution in [0.1, 0.15) is 18.4 Å². The van der Waals surface area contributed by atoms with E-state index in [-0.39, 0.29) is 28.7 Å². The van der Waals surface area contributed by atoms with Crippen LogP contribution >= 0.6 is 11.8 Å². The Morgan fingerprint density at radius 3 is 2.93 bits per heavy atom. The van der Waals surface area contributed by atoms with Crippen LogP contribution in [0.25, 0.3) is 0 Å². The summed E-state index contributed by atoms with van der Waals surface area (Å²) in [5.41, 5.74) is 0.933. The van der Waals surface area contributed by atoms with Gasteiger partial charge in [-0.1, -0.05) is 30.0 Å². The summed E-state index contributed by atoms with van der Waals surface area (Å²) in [5, 5.41) is 0.493. The number of para-hydroxylation sites is 1. The van der Waals surface area contributed by atoms with Crippen molar-refractivity contribution >= 4 is 32.7 Å². The second kappa shape index (κ2) is 7.44. The molecule has 3 aliphatic rings. The number of rotatable bonds is 4. The molecule has 0 radical (unpaired) electrons. The molecule has 4 rings (SSSR count).